The molecule has 0 saturated heterocycles. The third-order valence-electron chi connectivity index (χ3n) is 2.60. The maximum Gasteiger partial charge on any atom is 0.244 e. The van der Waals surface area contributed by atoms with E-state index in [9.17, 15) is 8.42 Å². The minimum Gasteiger partial charge on any atom is -0.399 e. The molecule has 19 heavy (non-hydrogen) atoms. The van der Waals surface area contributed by atoms with Crippen molar-refractivity contribution < 1.29 is 8.42 Å². The largest absolute Gasteiger partial charge is 0.399 e. The molecule has 0 spiro atoms. The molecule has 0 atom stereocenters. The molecule has 1 heterocycles. The third-order valence-corrected chi connectivity index (χ3v) is 5.75. The van der Waals surface area contributed by atoms with Crippen LogP contribution in [0.2, 0.25) is 5.02 Å². The van der Waals surface area contributed by atoms with E-state index in [1.165, 1.54) is 34.8 Å². The molecule has 4 nitrogen and oxygen atoms in total. The Labute approximate surface area is 121 Å². The second-order valence-corrected chi connectivity index (χ2v) is 7.48. The number of benzene rings is 1. The van der Waals surface area contributed by atoms with Gasteiger partial charge in [-0.3, -0.25) is 0 Å². The molecule has 7 heteroatoms. The van der Waals surface area contributed by atoms with E-state index in [2.05, 4.69) is 0 Å². The van der Waals surface area contributed by atoms with Gasteiger partial charge >= 0.3 is 0 Å². The number of rotatable bonds is 4. The lowest BCUT2D eigenvalue weighted by molar-refractivity contribution is 0.470. The number of sulfonamides is 1. The van der Waals surface area contributed by atoms with Crippen molar-refractivity contribution in [3.8, 4) is 0 Å². The molecule has 2 aromatic rings. The van der Waals surface area contributed by atoms with Crippen molar-refractivity contribution in [2.75, 3.05) is 12.8 Å². The molecule has 102 valence electrons. The smallest absolute Gasteiger partial charge is 0.244 e. The summed E-state index contributed by atoms with van der Waals surface area (Å²) < 4.78 is 26.1. The summed E-state index contributed by atoms with van der Waals surface area (Å²) in [5, 5.41) is 2.08. The fourth-order valence-corrected chi connectivity index (χ4v) is 4.09. The first-order valence-corrected chi connectivity index (χ1v) is 8.15. The standard InChI is InChI=1S/C12H13ClN2O2S2/c1-15(8-10-3-2-6-18-10)19(16,17)12-7-9(14)4-5-11(12)13/h2-7H,8,14H2,1H3. The SMILES string of the molecule is CN(Cc1cccs1)S(=O)(=O)c1cc(N)ccc1Cl. The Kier molecular flexibility index (Phi) is 4.15. The van der Waals surface area contributed by atoms with E-state index in [0.717, 1.165) is 4.88 Å². The lowest BCUT2D eigenvalue weighted by atomic mass is 10.3. The molecular formula is C12H13ClN2O2S2. The van der Waals surface area contributed by atoms with Gasteiger partial charge in [0.2, 0.25) is 10.0 Å². The second-order valence-electron chi connectivity index (χ2n) is 4.03. The lowest BCUT2D eigenvalue weighted by Gasteiger charge is -2.17. The van der Waals surface area contributed by atoms with Crippen molar-refractivity contribution >= 4 is 38.6 Å². The summed E-state index contributed by atoms with van der Waals surface area (Å²) in [5.41, 5.74) is 5.99. The van der Waals surface area contributed by atoms with Crippen LogP contribution in [0.5, 0.6) is 0 Å². The van der Waals surface area contributed by atoms with Crippen molar-refractivity contribution in [3.63, 3.8) is 0 Å². The van der Waals surface area contributed by atoms with Crippen LogP contribution in [0.1, 0.15) is 4.88 Å². The number of halogens is 1. The summed E-state index contributed by atoms with van der Waals surface area (Å²) in [6.07, 6.45) is 0. The summed E-state index contributed by atoms with van der Waals surface area (Å²) >= 11 is 7.45. The molecule has 0 aliphatic rings. The number of anilines is 1. The van der Waals surface area contributed by atoms with Gasteiger partial charge in [0.15, 0.2) is 0 Å². The molecule has 2 rings (SSSR count). The van der Waals surface area contributed by atoms with Crippen molar-refractivity contribution in [1.82, 2.24) is 4.31 Å². The van der Waals surface area contributed by atoms with Gasteiger partial charge in [-0.2, -0.15) is 4.31 Å². The van der Waals surface area contributed by atoms with Gasteiger partial charge in [0.25, 0.3) is 0 Å². The Bertz CT molecular complexity index is 669. The molecule has 0 saturated carbocycles. The first-order valence-electron chi connectivity index (χ1n) is 5.45. The van der Waals surface area contributed by atoms with Crippen molar-refractivity contribution in [3.05, 3.63) is 45.6 Å². The lowest BCUT2D eigenvalue weighted by Crippen LogP contribution is -2.26. The molecule has 1 aromatic heterocycles. The van der Waals surface area contributed by atoms with Crippen LogP contribution in [0, 0.1) is 0 Å². The number of hydrogen-bond donors (Lipinski definition) is 1. The monoisotopic (exact) mass is 316 g/mol. The van der Waals surface area contributed by atoms with Crippen LogP contribution < -0.4 is 5.73 Å². The van der Waals surface area contributed by atoms with Crippen LogP contribution >= 0.6 is 22.9 Å². The molecule has 0 unspecified atom stereocenters. The van der Waals surface area contributed by atoms with Crippen molar-refractivity contribution in [2.45, 2.75) is 11.4 Å². The van der Waals surface area contributed by atoms with Gasteiger partial charge < -0.3 is 5.73 Å². The molecule has 1 aromatic carbocycles. The highest BCUT2D eigenvalue weighted by atomic mass is 35.5. The average molecular weight is 317 g/mol. The van der Waals surface area contributed by atoms with Crippen LogP contribution in [0.15, 0.2) is 40.6 Å². The van der Waals surface area contributed by atoms with E-state index in [-0.39, 0.29) is 9.92 Å². The summed E-state index contributed by atoms with van der Waals surface area (Å²) in [7, 11) is -2.12. The average Bonchev–Trinajstić information content (AvgIpc) is 2.85. The predicted molar refractivity (Wildman–Crippen MR) is 78.8 cm³/mol. The molecule has 0 fully saturated rings. The predicted octanol–water partition coefficient (Wildman–Crippen LogP) is 2.80. The Morgan fingerprint density at radius 1 is 1.37 bits per heavy atom. The maximum atomic E-state index is 12.4. The van der Waals surface area contributed by atoms with E-state index < -0.39 is 10.0 Å². The van der Waals surface area contributed by atoms with Crippen LogP contribution in [0.25, 0.3) is 0 Å². The second kappa shape index (κ2) is 5.50. The van der Waals surface area contributed by atoms with Gasteiger partial charge in [0, 0.05) is 24.2 Å². The molecule has 0 radical (unpaired) electrons. The maximum absolute atomic E-state index is 12.4. The number of hydrogen-bond acceptors (Lipinski definition) is 4. The fourth-order valence-electron chi connectivity index (χ4n) is 1.59. The molecule has 0 aliphatic heterocycles. The summed E-state index contributed by atoms with van der Waals surface area (Å²) in [4.78, 5) is 0.999. The highest BCUT2D eigenvalue weighted by Gasteiger charge is 2.24. The van der Waals surface area contributed by atoms with Gasteiger partial charge in [0.05, 0.1) is 5.02 Å². The first-order chi connectivity index (χ1) is 8.91. The minimum absolute atomic E-state index is 0.0354. The summed E-state index contributed by atoms with van der Waals surface area (Å²) in [5.74, 6) is 0. The number of thiophene rings is 1. The molecule has 0 amide bonds. The van der Waals surface area contributed by atoms with Gasteiger partial charge in [-0.05, 0) is 29.6 Å². The summed E-state index contributed by atoms with van der Waals surface area (Å²) in [6, 6.07) is 8.21. The topological polar surface area (TPSA) is 63.4 Å². The molecular weight excluding hydrogens is 304 g/mol. The quantitative estimate of drug-likeness (QED) is 0.882. The first kappa shape index (κ1) is 14.3. The van der Waals surface area contributed by atoms with E-state index in [0.29, 0.717) is 12.2 Å². The Morgan fingerprint density at radius 3 is 2.74 bits per heavy atom. The normalized spacial score (nSPS) is 11.9. The zero-order valence-electron chi connectivity index (χ0n) is 10.2. The zero-order valence-corrected chi connectivity index (χ0v) is 12.6. The van der Waals surface area contributed by atoms with Crippen molar-refractivity contribution in [1.29, 1.82) is 0 Å². The molecule has 0 bridgehead atoms. The Balaban J connectivity index is 2.33. The highest BCUT2D eigenvalue weighted by molar-refractivity contribution is 7.89. The van der Waals surface area contributed by atoms with Crippen LogP contribution in [0.4, 0.5) is 5.69 Å². The van der Waals surface area contributed by atoms with Crippen LogP contribution in [-0.4, -0.2) is 19.8 Å². The van der Waals surface area contributed by atoms with E-state index in [1.807, 2.05) is 17.5 Å². The number of nitrogens with zero attached hydrogens (tertiary/aromatic N) is 1. The number of nitrogens with two attached hydrogens (primary N) is 1. The van der Waals surface area contributed by atoms with Gasteiger partial charge in [-0.1, -0.05) is 17.7 Å². The van der Waals surface area contributed by atoms with Crippen LogP contribution in [0.3, 0.4) is 0 Å². The minimum atomic E-state index is -3.64. The van der Waals surface area contributed by atoms with E-state index in [1.54, 1.807) is 6.07 Å². The van der Waals surface area contributed by atoms with Gasteiger partial charge in [-0.15, -0.1) is 11.3 Å². The fraction of sp³-hybridized carbons (Fsp3) is 0.167. The third kappa shape index (κ3) is 3.09. The number of nitrogen functional groups attached to an aromatic ring is 1. The molecule has 0 aliphatic carbocycles. The summed E-state index contributed by atoms with van der Waals surface area (Å²) in [6.45, 7) is 0.311. The van der Waals surface area contributed by atoms with Gasteiger partial charge in [0.1, 0.15) is 4.90 Å². The molecule has 2 N–H and O–H groups in total. The van der Waals surface area contributed by atoms with Crippen LogP contribution in [-0.2, 0) is 16.6 Å². The van der Waals surface area contributed by atoms with Gasteiger partial charge in [-0.25, -0.2) is 8.42 Å². The Morgan fingerprint density at radius 2 is 2.11 bits per heavy atom. The van der Waals surface area contributed by atoms with E-state index in [4.69, 9.17) is 17.3 Å². The van der Waals surface area contributed by atoms with E-state index >= 15 is 0 Å². The Hall–Kier alpha value is -1.08. The highest BCUT2D eigenvalue weighted by Crippen LogP contribution is 2.27. The van der Waals surface area contributed by atoms with Crippen molar-refractivity contribution in [2.24, 2.45) is 0 Å². The zero-order chi connectivity index (χ0) is 14.0.